The average molecular weight is 298 g/mol. The molecule has 1 aromatic carbocycles. The highest BCUT2D eigenvalue weighted by atomic mass is 32.1. The molecule has 0 saturated heterocycles. The van der Waals surface area contributed by atoms with E-state index in [9.17, 15) is 13.6 Å². The summed E-state index contributed by atoms with van der Waals surface area (Å²) in [5.41, 5.74) is 1.80. The first-order valence-corrected chi connectivity index (χ1v) is 6.78. The molecule has 2 aromatic rings. The minimum absolute atomic E-state index is 0.0538. The van der Waals surface area contributed by atoms with Crippen molar-refractivity contribution in [1.29, 1.82) is 0 Å². The van der Waals surface area contributed by atoms with Gasteiger partial charge in [-0.05, 0) is 25.1 Å². The number of hydrogen-bond acceptors (Lipinski definition) is 5. The Morgan fingerprint density at radius 2 is 2.25 bits per heavy atom. The molecular formula is C13H12F2N2O2S. The zero-order valence-corrected chi connectivity index (χ0v) is 11.5. The first-order chi connectivity index (χ1) is 9.61. The summed E-state index contributed by atoms with van der Waals surface area (Å²) >= 11 is 1.19. The van der Waals surface area contributed by atoms with Crippen molar-refractivity contribution in [3.63, 3.8) is 0 Å². The van der Waals surface area contributed by atoms with Crippen LogP contribution in [-0.4, -0.2) is 17.6 Å². The van der Waals surface area contributed by atoms with Gasteiger partial charge in [0.15, 0.2) is 5.69 Å². The van der Waals surface area contributed by atoms with Crippen LogP contribution in [0.3, 0.4) is 0 Å². The summed E-state index contributed by atoms with van der Waals surface area (Å²) in [7, 11) is 0. The molecule has 1 heterocycles. The van der Waals surface area contributed by atoms with E-state index in [0.717, 1.165) is 18.2 Å². The number of nitrogens with zero attached hydrogens (tertiary/aromatic N) is 1. The quantitative estimate of drug-likeness (QED) is 0.861. The summed E-state index contributed by atoms with van der Waals surface area (Å²) < 4.78 is 31.4. The van der Waals surface area contributed by atoms with Crippen LogP contribution in [0.4, 0.5) is 13.8 Å². The van der Waals surface area contributed by atoms with Crippen molar-refractivity contribution in [2.75, 3.05) is 11.9 Å². The van der Waals surface area contributed by atoms with Crippen LogP contribution in [0, 0.1) is 11.6 Å². The Hall–Kier alpha value is -2.02. The molecule has 0 bridgehead atoms. The summed E-state index contributed by atoms with van der Waals surface area (Å²) in [4.78, 5) is 15.5. The lowest BCUT2D eigenvalue weighted by molar-refractivity contribution is 0.0521. The molecule has 2 rings (SSSR count). The normalized spacial score (nSPS) is 10.3. The second kappa shape index (κ2) is 6.42. The molecule has 0 spiro atoms. The Morgan fingerprint density at radius 1 is 1.45 bits per heavy atom. The summed E-state index contributed by atoms with van der Waals surface area (Å²) in [6.07, 6.45) is 0. The first-order valence-electron chi connectivity index (χ1n) is 5.90. The summed E-state index contributed by atoms with van der Waals surface area (Å²) in [5.74, 6) is -1.57. The third kappa shape index (κ3) is 3.30. The summed E-state index contributed by atoms with van der Waals surface area (Å²) in [5, 5.41) is 3.33. The highest BCUT2D eigenvalue weighted by Gasteiger charge is 2.16. The van der Waals surface area contributed by atoms with Gasteiger partial charge >= 0.3 is 5.97 Å². The molecule has 0 aliphatic rings. The van der Waals surface area contributed by atoms with E-state index < -0.39 is 17.6 Å². The number of aromatic nitrogens is 1. The van der Waals surface area contributed by atoms with E-state index in [2.05, 4.69) is 10.3 Å². The van der Waals surface area contributed by atoms with Crippen molar-refractivity contribution in [2.45, 2.75) is 13.5 Å². The van der Waals surface area contributed by atoms with Crippen LogP contribution in [0.15, 0.2) is 23.7 Å². The molecule has 0 amide bonds. The minimum atomic E-state index is -0.545. The number of nitrogens with one attached hydrogen (secondary N) is 1. The predicted molar refractivity (Wildman–Crippen MR) is 71.8 cm³/mol. The first kappa shape index (κ1) is 14.4. The molecule has 0 aliphatic heterocycles. The fraction of sp³-hybridized carbons (Fsp3) is 0.231. The van der Waals surface area contributed by atoms with Gasteiger partial charge in [-0.1, -0.05) is 0 Å². The maximum atomic E-state index is 13.5. The zero-order chi connectivity index (χ0) is 14.5. The smallest absolute Gasteiger partial charge is 0.360 e. The number of carbonyl (C=O) groups is 1. The van der Waals surface area contributed by atoms with Crippen LogP contribution in [0.5, 0.6) is 0 Å². The van der Waals surface area contributed by atoms with Crippen LogP contribution in [0.25, 0.3) is 0 Å². The molecule has 0 aliphatic carbocycles. The van der Waals surface area contributed by atoms with E-state index in [1.165, 1.54) is 16.8 Å². The Balaban J connectivity index is 2.10. The fourth-order valence-electron chi connectivity index (χ4n) is 1.57. The van der Waals surface area contributed by atoms with E-state index in [-0.39, 0.29) is 24.4 Å². The Morgan fingerprint density at radius 3 is 3.00 bits per heavy atom. The molecule has 0 radical (unpaired) electrons. The Kier molecular flexibility index (Phi) is 4.62. The number of esters is 1. The number of benzene rings is 1. The van der Waals surface area contributed by atoms with Gasteiger partial charge < -0.3 is 10.1 Å². The van der Waals surface area contributed by atoms with E-state index in [1.807, 2.05) is 0 Å². The SMILES string of the molecule is CCOC(=O)c1ncsc1NCc1cc(F)ccc1F. The number of anilines is 1. The molecule has 20 heavy (non-hydrogen) atoms. The molecular weight excluding hydrogens is 286 g/mol. The van der Waals surface area contributed by atoms with Gasteiger partial charge in [0, 0.05) is 12.1 Å². The van der Waals surface area contributed by atoms with Gasteiger partial charge in [0.25, 0.3) is 0 Å². The molecule has 0 saturated carbocycles. The van der Waals surface area contributed by atoms with Gasteiger partial charge in [0.1, 0.15) is 16.6 Å². The Labute approximate surface area is 118 Å². The van der Waals surface area contributed by atoms with E-state index in [0.29, 0.717) is 5.00 Å². The van der Waals surface area contributed by atoms with Gasteiger partial charge in [-0.3, -0.25) is 0 Å². The largest absolute Gasteiger partial charge is 0.461 e. The van der Waals surface area contributed by atoms with Gasteiger partial charge in [-0.25, -0.2) is 18.6 Å². The lowest BCUT2D eigenvalue weighted by Crippen LogP contribution is -2.09. The van der Waals surface area contributed by atoms with E-state index in [1.54, 1.807) is 6.92 Å². The minimum Gasteiger partial charge on any atom is -0.461 e. The second-order valence-corrected chi connectivity index (χ2v) is 4.69. The van der Waals surface area contributed by atoms with Gasteiger partial charge in [0.05, 0.1) is 12.1 Å². The highest BCUT2D eigenvalue weighted by Crippen LogP contribution is 2.22. The number of rotatable bonds is 5. The third-order valence-corrected chi connectivity index (χ3v) is 3.27. The zero-order valence-electron chi connectivity index (χ0n) is 10.7. The van der Waals surface area contributed by atoms with Gasteiger partial charge in [-0.15, -0.1) is 11.3 Å². The number of ether oxygens (including phenoxy) is 1. The maximum absolute atomic E-state index is 13.5. The molecule has 106 valence electrons. The molecule has 4 nitrogen and oxygen atoms in total. The Bertz CT molecular complexity index is 616. The molecule has 1 aromatic heterocycles. The van der Waals surface area contributed by atoms with Crippen LogP contribution in [0.1, 0.15) is 23.0 Å². The number of thiazole rings is 1. The lowest BCUT2D eigenvalue weighted by atomic mass is 10.2. The van der Waals surface area contributed by atoms with Crippen molar-refractivity contribution in [1.82, 2.24) is 4.98 Å². The average Bonchev–Trinajstić information content (AvgIpc) is 2.88. The molecule has 0 fully saturated rings. The maximum Gasteiger partial charge on any atom is 0.360 e. The fourth-order valence-corrected chi connectivity index (χ4v) is 2.24. The summed E-state index contributed by atoms with van der Waals surface area (Å²) in [6.45, 7) is 1.99. The van der Waals surface area contributed by atoms with Crippen molar-refractivity contribution < 1.29 is 18.3 Å². The number of halogens is 2. The second-order valence-electron chi connectivity index (χ2n) is 3.84. The monoisotopic (exact) mass is 298 g/mol. The van der Waals surface area contributed by atoms with E-state index >= 15 is 0 Å². The van der Waals surface area contributed by atoms with Crippen LogP contribution in [0.2, 0.25) is 0 Å². The molecule has 0 unspecified atom stereocenters. The standard InChI is InChI=1S/C13H12F2N2O2S/c1-2-19-13(18)11-12(20-7-17-11)16-6-8-5-9(14)3-4-10(8)15/h3-5,7,16H,2,6H2,1H3. The van der Waals surface area contributed by atoms with Crippen molar-refractivity contribution in [3.05, 3.63) is 46.6 Å². The van der Waals surface area contributed by atoms with E-state index in [4.69, 9.17) is 4.74 Å². The lowest BCUT2D eigenvalue weighted by Gasteiger charge is -2.07. The molecule has 7 heteroatoms. The van der Waals surface area contributed by atoms with Crippen molar-refractivity contribution in [2.24, 2.45) is 0 Å². The van der Waals surface area contributed by atoms with Crippen molar-refractivity contribution >= 4 is 22.3 Å². The third-order valence-electron chi connectivity index (χ3n) is 2.48. The van der Waals surface area contributed by atoms with Crippen LogP contribution in [-0.2, 0) is 11.3 Å². The number of hydrogen-bond donors (Lipinski definition) is 1. The van der Waals surface area contributed by atoms with Crippen molar-refractivity contribution in [3.8, 4) is 0 Å². The topological polar surface area (TPSA) is 51.2 Å². The predicted octanol–water partition coefficient (Wildman–Crippen LogP) is 3.21. The molecule has 1 N–H and O–H groups in total. The van der Waals surface area contributed by atoms with Gasteiger partial charge in [-0.2, -0.15) is 0 Å². The van der Waals surface area contributed by atoms with Crippen LogP contribution < -0.4 is 5.32 Å². The van der Waals surface area contributed by atoms with Crippen LogP contribution >= 0.6 is 11.3 Å². The summed E-state index contributed by atoms with van der Waals surface area (Å²) in [6, 6.07) is 3.22. The molecule has 0 atom stereocenters. The number of carbonyl (C=O) groups excluding carboxylic acids is 1. The highest BCUT2D eigenvalue weighted by molar-refractivity contribution is 7.14. The van der Waals surface area contributed by atoms with Gasteiger partial charge in [0.2, 0.25) is 0 Å².